The zero-order valence-electron chi connectivity index (χ0n) is 13.0. The summed E-state index contributed by atoms with van der Waals surface area (Å²) in [4.78, 5) is 8.80. The van der Waals surface area contributed by atoms with Crippen molar-refractivity contribution in [3.05, 3.63) is 29.0 Å². The van der Waals surface area contributed by atoms with Gasteiger partial charge in [0.15, 0.2) is 11.6 Å². The fourth-order valence-electron chi connectivity index (χ4n) is 3.15. The Morgan fingerprint density at radius 2 is 2.18 bits per heavy atom. The van der Waals surface area contributed by atoms with Gasteiger partial charge in [-0.1, -0.05) is 5.16 Å². The first kappa shape index (κ1) is 13.6. The van der Waals surface area contributed by atoms with E-state index >= 15 is 0 Å². The number of nitrogens with zero attached hydrogens (tertiary/aromatic N) is 6. The van der Waals surface area contributed by atoms with E-state index in [0.29, 0.717) is 18.5 Å². The number of fused-ring (bicyclic) bond motifs is 1. The molecule has 7 heteroatoms. The summed E-state index contributed by atoms with van der Waals surface area (Å²) in [5.74, 6) is 2.38. The van der Waals surface area contributed by atoms with Crippen molar-refractivity contribution < 1.29 is 4.52 Å². The van der Waals surface area contributed by atoms with Gasteiger partial charge in [0.2, 0.25) is 5.89 Å². The molecule has 2 aromatic heterocycles. The van der Waals surface area contributed by atoms with E-state index in [-0.39, 0.29) is 0 Å². The highest BCUT2D eigenvalue weighted by Crippen LogP contribution is 2.26. The monoisotopic (exact) mass is 300 g/mol. The summed E-state index contributed by atoms with van der Waals surface area (Å²) in [6.45, 7) is 4.47. The third-order valence-electron chi connectivity index (χ3n) is 4.58. The highest BCUT2D eigenvalue weighted by Gasteiger charge is 2.32. The van der Waals surface area contributed by atoms with E-state index < -0.39 is 0 Å². The summed E-state index contributed by atoms with van der Waals surface area (Å²) in [6, 6.07) is 2.71. The molecule has 116 valence electrons. The van der Waals surface area contributed by atoms with E-state index in [1.807, 2.05) is 6.92 Å². The molecule has 0 unspecified atom stereocenters. The van der Waals surface area contributed by atoms with Crippen molar-refractivity contribution in [1.29, 1.82) is 0 Å². The van der Waals surface area contributed by atoms with Gasteiger partial charge in [0.1, 0.15) is 0 Å². The lowest BCUT2D eigenvalue weighted by Crippen LogP contribution is -2.58. The number of aromatic nitrogens is 4. The second kappa shape index (κ2) is 5.31. The van der Waals surface area contributed by atoms with Crippen LogP contribution in [0.15, 0.2) is 10.6 Å². The molecule has 2 aromatic rings. The fraction of sp³-hybridized carbons (Fsp3) is 0.600. The smallest absolute Gasteiger partial charge is 0.223 e. The van der Waals surface area contributed by atoms with Crippen molar-refractivity contribution in [3.8, 4) is 0 Å². The second-order valence-electron chi connectivity index (χ2n) is 6.23. The molecule has 0 amide bonds. The van der Waals surface area contributed by atoms with Crippen molar-refractivity contribution in [1.82, 2.24) is 25.2 Å². The molecule has 1 aliphatic heterocycles. The fourth-order valence-corrected chi connectivity index (χ4v) is 3.15. The number of hydrogen-bond acceptors (Lipinski definition) is 7. The Hall–Kier alpha value is -2.02. The molecule has 3 heterocycles. The number of anilines is 1. The molecule has 7 nitrogen and oxygen atoms in total. The lowest BCUT2D eigenvalue weighted by atomic mass is 10.1. The minimum absolute atomic E-state index is 0.494. The van der Waals surface area contributed by atoms with E-state index in [4.69, 9.17) is 4.52 Å². The first-order valence-corrected chi connectivity index (χ1v) is 7.79. The quantitative estimate of drug-likeness (QED) is 0.833. The van der Waals surface area contributed by atoms with Gasteiger partial charge in [-0.2, -0.15) is 10.1 Å². The zero-order valence-corrected chi connectivity index (χ0v) is 13.0. The summed E-state index contributed by atoms with van der Waals surface area (Å²) in [7, 11) is 2.10. The summed E-state index contributed by atoms with van der Waals surface area (Å²) in [6.07, 6.45) is 3.44. The Morgan fingerprint density at radius 3 is 2.95 bits per heavy atom. The molecule has 0 radical (unpaired) electrons. The molecule has 0 bridgehead atoms. The maximum Gasteiger partial charge on any atom is 0.223 e. The molecule has 1 saturated heterocycles. The Morgan fingerprint density at radius 1 is 1.32 bits per heavy atom. The van der Waals surface area contributed by atoms with Gasteiger partial charge >= 0.3 is 0 Å². The number of hydrogen-bond donors (Lipinski definition) is 0. The van der Waals surface area contributed by atoms with E-state index in [0.717, 1.165) is 37.6 Å². The average Bonchev–Trinajstić information content (AvgIpc) is 3.05. The van der Waals surface area contributed by atoms with Gasteiger partial charge in [0.05, 0.1) is 12.2 Å². The van der Waals surface area contributed by atoms with E-state index in [1.54, 1.807) is 0 Å². The van der Waals surface area contributed by atoms with E-state index in [9.17, 15) is 0 Å². The summed E-state index contributed by atoms with van der Waals surface area (Å²) in [5, 5.41) is 12.7. The Bertz CT molecular complexity index is 678. The van der Waals surface area contributed by atoms with Crippen molar-refractivity contribution in [2.24, 2.45) is 0 Å². The van der Waals surface area contributed by atoms with E-state index in [2.05, 4.69) is 43.3 Å². The van der Waals surface area contributed by atoms with Crippen LogP contribution in [0, 0.1) is 6.92 Å². The highest BCUT2D eigenvalue weighted by atomic mass is 16.5. The van der Waals surface area contributed by atoms with Crippen LogP contribution in [0.5, 0.6) is 0 Å². The van der Waals surface area contributed by atoms with Gasteiger partial charge in [-0.25, -0.2) is 0 Å². The molecule has 1 fully saturated rings. The van der Waals surface area contributed by atoms with Crippen molar-refractivity contribution in [3.63, 3.8) is 0 Å². The molecule has 2 aliphatic rings. The Balaban J connectivity index is 1.35. The summed E-state index contributed by atoms with van der Waals surface area (Å²) < 4.78 is 5.01. The largest absolute Gasteiger partial charge is 0.352 e. The molecule has 0 saturated carbocycles. The highest BCUT2D eigenvalue weighted by molar-refractivity contribution is 5.45. The Labute approximate surface area is 129 Å². The van der Waals surface area contributed by atoms with Crippen LogP contribution in [0.4, 0.5) is 5.82 Å². The van der Waals surface area contributed by atoms with Crippen LogP contribution >= 0.6 is 0 Å². The third-order valence-corrected chi connectivity index (χ3v) is 4.58. The predicted octanol–water partition coefficient (Wildman–Crippen LogP) is 0.977. The van der Waals surface area contributed by atoms with Crippen LogP contribution in [0.25, 0.3) is 0 Å². The van der Waals surface area contributed by atoms with Gasteiger partial charge in [-0.15, -0.1) is 5.10 Å². The lowest BCUT2D eigenvalue weighted by Gasteiger charge is -2.44. The zero-order chi connectivity index (χ0) is 15.1. The molecule has 22 heavy (non-hydrogen) atoms. The van der Waals surface area contributed by atoms with Gasteiger partial charge in [0.25, 0.3) is 0 Å². The maximum absolute atomic E-state index is 5.01. The number of rotatable bonds is 4. The standard InChI is InChI=1S/C15H20N6O/c1-10-16-14(19-22-10)9-20(2)12-7-21(8-12)15-6-11-4-3-5-13(11)17-18-15/h6,12H,3-5,7-9H2,1-2H3. The van der Waals surface area contributed by atoms with E-state index in [1.165, 1.54) is 17.7 Å². The van der Waals surface area contributed by atoms with Gasteiger partial charge in [-0.05, 0) is 37.9 Å². The molecule has 0 atom stereocenters. The number of likely N-dealkylation sites (N-methyl/N-ethyl adjacent to an activating group) is 1. The van der Waals surface area contributed by atoms with Gasteiger partial charge in [-0.3, -0.25) is 4.90 Å². The predicted molar refractivity (Wildman–Crippen MR) is 80.6 cm³/mol. The minimum Gasteiger partial charge on any atom is -0.352 e. The molecule has 0 aromatic carbocycles. The summed E-state index contributed by atoms with van der Waals surface area (Å²) >= 11 is 0. The van der Waals surface area contributed by atoms with Crippen molar-refractivity contribution in [2.75, 3.05) is 25.0 Å². The first-order valence-electron chi connectivity index (χ1n) is 7.79. The van der Waals surface area contributed by atoms with Gasteiger partial charge < -0.3 is 9.42 Å². The van der Waals surface area contributed by atoms with Crippen molar-refractivity contribution >= 4 is 5.82 Å². The van der Waals surface area contributed by atoms with Crippen LogP contribution in [0.3, 0.4) is 0 Å². The second-order valence-corrected chi connectivity index (χ2v) is 6.23. The van der Waals surface area contributed by atoms with Crippen LogP contribution < -0.4 is 4.90 Å². The first-order chi connectivity index (χ1) is 10.7. The van der Waals surface area contributed by atoms with Gasteiger partial charge in [0, 0.05) is 26.1 Å². The molecule has 0 spiro atoms. The SMILES string of the molecule is Cc1nc(CN(C)C2CN(c3cc4c(nn3)CCC4)C2)no1. The topological polar surface area (TPSA) is 71.2 Å². The third kappa shape index (κ3) is 2.45. The summed E-state index contributed by atoms with van der Waals surface area (Å²) in [5.41, 5.74) is 2.56. The molecule has 0 N–H and O–H groups in total. The van der Waals surface area contributed by atoms with Crippen LogP contribution in [0.2, 0.25) is 0 Å². The normalized spacial score (nSPS) is 17.9. The lowest BCUT2D eigenvalue weighted by molar-refractivity contribution is 0.190. The van der Waals surface area contributed by atoms with Crippen LogP contribution in [-0.4, -0.2) is 51.4 Å². The minimum atomic E-state index is 0.494. The average molecular weight is 300 g/mol. The molecule has 4 rings (SSSR count). The molecular formula is C15H20N6O. The van der Waals surface area contributed by atoms with Crippen LogP contribution in [-0.2, 0) is 19.4 Å². The Kier molecular flexibility index (Phi) is 3.29. The maximum atomic E-state index is 5.01. The number of aryl methyl sites for hydroxylation is 3. The molecule has 1 aliphatic carbocycles. The molecular weight excluding hydrogens is 280 g/mol. The van der Waals surface area contributed by atoms with Crippen molar-refractivity contribution in [2.45, 2.75) is 38.8 Å². The van der Waals surface area contributed by atoms with Crippen LogP contribution in [0.1, 0.15) is 29.4 Å².